The van der Waals surface area contributed by atoms with E-state index in [9.17, 15) is 0 Å². The highest BCUT2D eigenvalue weighted by atomic mass is 16.5. The van der Waals surface area contributed by atoms with Crippen LogP contribution in [0.2, 0.25) is 0 Å². The minimum Gasteiger partial charge on any atom is -0.481 e. The highest BCUT2D eigenvalue weighted by Crippen LogP contribution is 2.14. The largest absolute Gasteiger partial charge is 0.481 e. The van der Waals surface area contributed by atoms with Crippen LogP contribution in [0, 0.1) is 0 Å². The summed E-state index contributed by atoms with van der Waals surface area (Å²) in [7, 11) is 7.57. The van der Waals surface area contributed by atoms with Gasteiger partial charge in [0.05, 0.1) is 37.4 Å². The molecule has 102 valence electrons. The van der Waals surface area contributed by atoms with Crippen LogP contribution in [-0.4, -0.2) is 35.7 Å². The van der Waals surface area contributed by atoms with E-state index in [0.717, 1.165) is 17.3 Å². The molecule has 0 amide bonds. The lowest BCUT2D eigenvalue weighted by atomic mass is 10.4. The van der Waals surface area contributed by atoms with Crippen LogP contribution in [0.5, 0.6) is 5.88 Å². The van der Waals surface area contributed by atoms with E-state index in [2.05, 4.69) is 19.9 Å². The molecule has 0 radical (unpaired) electrons. The van der Waals surface area contributed by atoms with E-state index in [-0.39, 0.29) is 0 Å². The number of methoxy groups -OCH3 is 1. The van der Waals surface area contributed by atoms with Gasteiger partial charge in [0.25, 0.3) is 0 Å². The second kappa shape index (κ2) is 5.60. The topological polar surface area (TPSA) is 55.2 Å². The van der Waals surface area contributed by atoms with Crippen molar-refractivity contribution in [2.75, 3.05) is 31.4 Å². The lowest BCUT2D eigenvalue weighted by Gasteiger charge is -2.13. The molecule has 6 heteroatoms. The predicted molar refractivity (Wildman–Crippen MR) is 75.7 cm³/mol. The average Bonchev–Trinajstić information content (AvgIpc) is 2.78. The predicted octanol–water partition coefficient (Wildman–Crippen LogP) is 1.50. The summed E-state index contributed by atoms with van der Waals surface area (Å²) in [5.41, 5.74) is 2.06. The molecule has 2 heterocycles. The first-order valence-electron chi connectivity index (χ1n) is 6.03. The fourth-order valence-electron chi connectivity index (χ4n) is 1.81. The number of pyridine rings is 1. The van der Waals surface area contributed by atoms with Crippen molar-refractivity contribution in [2.24, 2.45) is 7.05 Å². The van der Waals surface area contributed by atoms with Crippen LogP contribution >= 0.6 is 0 Å². The molecule has 0 atom stereocenters. The number of rotatable bonds is 5. The van der Waals surface area contributed by atoms with E-state index in [0.29, 0.717) is 12.4 Å². The van der Waals surface area contributed by atoms with Crippen molar-refractivity contribution in [3.63, 3.8) is 0 Å². The van der Waals surface area contributed by atoms with Crippen molar-refractivity contribution in [3.8, 4) is 5.88 Å². The zero-order chi connectivity index (χ0) is 13.8. The molecule has 2 aromatic rings. The standard InChI is InChI=1S/C13H19N5O/c1-17(2)13-16-9-11(18(13)3)8-14-10-5-6-12(19-4)15-7-10/h5-7,9,14H,8H2,1-4H3. The van der Waals surface area contributed by atoms with Gasteiger partial charge >= 0.3 is 0 Å². The third kappa shape index (κ3) is 2.96. The van der Waals surface area contributed by atoms with Gasteiger partial charge in [0.2, 0.25) is 11.8 Å². The molecule has 0 aliphatic heterocycles. The Morgan fingerprint density at radius 3 is 2.58 bits per heavy atom. The van der Waals surface area contributed by atoms with Crippen LogP contribution in [0.4, 0.5) is 11.6 Å². The Kier molecular flexibility index (Phi) is 3.89. The fraction of sp³-hybridized carbons (Fsp3) is 0.385. The summed E-state index contributed by atoms with van der Waals surface area (Å²) in [5, 5.41) is 3.31. The smallest absolute Gasteiger partial charge is 0.213 e. The number of anilines is 2. The van der Waals surface area contributed by atoms with Crippen LogP contribution < -0.4 is 15.0 Å². The van der Waals surface area contributed by atoms with E-state index in [1.54, 1.807) is 13.3 Å². The summed E-state index contributed by atoms with van der Waals surface area (Å²) < 4.78 is 7.08. The molecule has 0 bridgehead atoms. The maximum atomic E-state index is 5.02. The SMILES string of the molecule is COc1ccc(NCc2cnc(N(C)C)n2C)cn1. The van der Waals surface area contributed by atoms with Gasteiger partial charge < -0.3 is 19.5 Å². The summed E-state index contributed by atoms with van der Waals surface area (Å²) in [4.78, 5) is 10.5. The van der Waals surface area contributed by atoms with E-state index >= 15 is 0 Å². The molecule has 0 saturated carbocycles. The van der Waals surface area contributed by atoms with E-state index < -0.39 is 0 Å². The van der Waals surface area contributed by atoms with Gasteiger partial charge in [0, 0.05) is 27.2 Å². The summed E-state index contributed by atoms with van der Waals surface area (Å²) in [6, 6.07) is 3.77. The first-order valence-corrected chi connectivity index (χ1v) is 6.03. The molecule has 0 aliphatic rings. The summed E-state index contributed by atoms with van der Waals surface area (Å²) in [6.07, 6.45) is 3.63. The molecule has 1 N–H and O–H groups in total. The highest BCUT2D eigenvalue weighted by molar-refractivity contribution is 5.43. The number of hydrogen-bond donors (Lipinski definition) is 1. The molecule has 6 nitrogen and oxygen atoms in total. The van der Waals surface area contributed by atoms with E-state index in [1.807, 2.05) is 44.4 Å². The van der Waals surface area contributed by atoms with Gasteiger partial charge in [-0.05, 0) is 6.07 Å². The average molecular weight is 261 g/mol. The molecule has 0 aliphatic carbocycles. The molecule has 19 heavy (non-hydrogen) atoms. The summed E-state index contributed by atoms with van der Waals surface area (Å²) in [5.74, 6) is 1.55. The number of nitrogens with one attached hydrogen (secondary N) is 1. The Bertz CT molecular complexity index is 532. The zero-order valence-corrected chi connectivity index (χ0v) is 11.7. The molecule has 2 rings (SSSR count). The van der Waals surface area contributed by atoms with Crippen molar-refractivity contribution in [2.45, 2.75) is 6.54 Å². The zero-order valence-electron chi connectivity index (χ0n) is 11.7. The molecule has 0 saturated heterocycles. The number of nitrogens with zero attached hydrogens (tertiary/aromatic N) is 4. The molecule has 0 fully saturated rings. The van der Waals surface area contributed by atoms with Crippen LogP contribution in [0.25, 0.3) is 0 Å². The highest BCUT2D eigenvalue weighted by Gasteiger charge is 2.07. The quantitative estimate of drug-likeness (QED) is 0.884. The molecule has 0 spiro atoms. The van der Waals surface area contributed by atoms with Gasteiger partial charge in [0.1, 0.15) is 0 Å². The van der Waals surface area contributed by atoms with Gasteiger partial charge in [-0.3, -0.25) is 0 Å². The molecular weight excluding hydrogens is 242 g/mol. The Morgan fingerprint density at radius 2 is 2.05 bits per heavy atom. The van der Waals surface area contributed by atoms with Gasteiger partial charge in [-0.1, -0.05) is 0 Å². The normalized spacial score (nSPS) is 10.3. The number of aromatic nitrogens is 3. The van der Waals surface area contributed by atoms with Gasteiger partial charge in [-0.2, -0.15) is 0 Å². The maximum Gasteiger partial charge on any atom is 0.213 e. The lowest BCUT2D eigenvalue weighted by molar-refractivity contribution is 0.398. The number of imidazole rings is 1. The monoisotopic (exact) mass is 261 g/mol. The van der Waals surface area contributed by atoms with E-state index in [1.165, 1.54) is 0 Å². The third-order valence-corrected chi connectivity index (χ3v) is 2.88. The Morgan fingerprint density at radius 1 is 1.26 bits per heavy atom. The number of hydrogen-bond acceptors (Lipinski definition) is 5. The first-order chi connectivity index (χ1) is 9.11. The Labute approximate surface area is 113 Å². The molecule has 0 aromatic carbocycles. The van der Waals surface area contributed by atoms with Crippen molar-refractivity contribution in [1.29, 1.82) is 0 Å². The number of ether oxygens (including phenoxy) is 1. The minimum atomic E-state index is 0.612. The van der Waals surface area contributed by atoms with Crippen LogP contribution in [-0.2, 0) is 13.6 Å². The van der Waals surface area contributed by atoms with Crippen molar-refractivity contribution in [3.05, 3.63) is 30.2 Å². The Balaban J connectivity index is 2.02. The van der Waals surface area contributed by atoms with Crippen LogP contribution in [0.15, 0.2) is 24.5 Å². The van der Waals surface area contributed by atoms with Gasteiger partial charge in [0.15, 0.2) is 0 Å². The Hall–Kier alpha value is -2.24. The second-order valence-electron chi connectivity index (χ2n) is 4.45. The molecular formula is C13H19N5O. The van der Waals surface area contributed by atoms with Crippen molar-refractivity contribution < 1.29 is 4.74 Å². The molecule has 2 aromatic heterocycles. The van der Waals surface area contributed by atoms with Crippen LogP contribution in [0.3, 0.4) is 0 Å². The minimum absolute atomic E-state index is 0.612. The maximum absolute atomic E-state index is 5.02. The lowest BCUT2D eigenvalue weighted by Crippen LogP contribution is -2.15. The fourth-order valence-corrected chi connectivity index (χ4v) is 1.81. The van der Waals surface area contributed by atoms with Gasteiger partial charge in [-0.15, -0.1) is 0 Å². The third-order valence-electron chi connectivity index (χ3n) is 2.88. The van der Waals surface area contributed by atoms with Crippen LogP contribution in [0.1, 0.15) is 5.69 Å². The van der Waals surface area contributed by atoms with Crippen molar-refractivity contribution >= 4 is 11.6 Å². The summed E-state index contributed by atoms with van der Waals surface area (Å²) in [6.45, 7) is 0.700. The van der Waals surface area contributed by atoms with Crippen molar-refractivity contribution in [1.82, 2.24) is 14.5 Å². The second-order valence-corrected chi connectivity index (χ2v) is 4.45. The van der Waals surface area contributed by atoms with E-state index in [4.69, 9.17) is 4.74 Å². The first kappa shape index (κ1) is 13.2. The summed E-state index contributed by atoms with van der Waals surface area (Å²) >= 11 is 0. The molecule has 0 unspecified atom stereocenters. The van der Waals surface area contributed by atoms with Gasteiger partial charge in [-0.25, -0.2) is 9.97 Å².